The van der Waals surface area contributed by atoms with E-state index in [1.807, 2.05) is 30.9 Å². The summed E-state index contributed by atoms with van der Waals surface area (Å²) in [6, 6.07) is 1.48. The van der Waals surface area contributed by atoms with Crippen LogP contribution in [0, 0.1) is 0 Å². The van der Waals surface area contributed by atoms with E-state index in [1.54, 1.807) is 24.0 Å². The summed E-state index contributed by atoms with van der Waals surface area (Å²) >= 11 is 1.51. The summed E-state index contributed by atoms with van der Waals surface area (Å²) in [4.78, 5) is 14.0. The molecule has 0 aromatic carbocycles. The van der Waals surface area contributed by atoms with E-state index in [4.69, 9.17) is 0 Å². The van der Waals surface area contributed by atoms with Crippen LogP contribution in [0.2, 0.25) is 0 Å². The molecule has 7 nitrogen and oxygen atoms in total. The molecule has 126 valence electrons. The first kappa shape index (κ1) is 17.5. The molecule has 2 heterocycles. The number of carbonyl (C=O) groups excluding carboxylic acids is 1. The van der Waals surface area contributed by atoms with Gasteiger partial charge >= 0.3 is 6.03 Å². The third kappa shape index (κ3) is 5.34. The Labute approximate surface area is 139 Å². The van der Waals surface area contributed by atoms with Gasteiger partial charge in [0.15, 0.2) is 0 Å². The number of aromatic nitrogens is 2. The van der Waals surface area contributed by atoms with Crippen molar-refractivity contribution in [2.24, 2.45) is 0 Å². The van der Waals surface area contributed by atoms with Gasteiger partial charge < -0.3 is 20.6 Å². The molecule has 1 unspecified atom stereocenters. The fourth-order valence-electron chi connectivity index (χ4n) is 1.95. The zero-order valence-corrected chi connectivity index (χ0v) is 14.4. The maximum atomic E-state index is 11.9. The van der Waals surface area contributed by atoms with Crippen molar-refractivity contribution in [2.75, 3.05) is 32.5 Å². The fraction of sp³-hybridized carbons (Fsp3) is 0.467. The molecule has 0 aliphatic carbocycles. The van der Waals surface area contributed by atoms with Crippen molar-refractivity contribution in [1.29, 1.82) is 0 Å². The molecule has 2 amide bonds. The Kier molecular flexibility index (Phi) is 5.75. The topological polar surface area (TPSA) is 82.4 Å². The molecule has 0 aliphatic rings. The molecule has 0 aliphatic heterocycles. The summed E-state index contributed by atoms with van der Waals surface area (Å²) in [5, 5.41) is 23.7. The summed E-state index contributed by atoms with van der Waals surface area (Å²) < 4.78 is 1.77. The molecular weight excluding hydrogens is 314 g/mol. The van der Waals surface area contributed by atoms with Crippen LogP contribution >= 0.6 is 11.3 Å². The number of amides is 2. The Morgan fingerprint density at radius 3 is 2.96 bits per heavy atom. The number of likely N-dealkylation sites (N-methyl/N-ethyl adjacent to an activating group) is 1. The van der Waals surface area contributed by atoms with Crippen LogP contribution < -0.4 is 10.6 Å². The predicted octanol–water partition coefficient (Wildman–Crippen LogP) is 1.54. The molecule has 2 rings (SSSR count). The van der Waals surface area contributed by atoms with Gasteiger partial charge in [0.05, 0.1) is 25.0 Å². The number of carbonyl (C=O) groups is 1. The number of anilines is 1. The molecule has 0 bridgehead atoms. The summed E-state index contributed by atoms with van der Waals surface area (Å²) in [7, 11) is 3.99. The first-order valence-electron chi connectivity index (χ1n) is 7.34. The van der Waals surface area contributed by atoms with Crippen LogP contribution in [0.1, 0.15) is 12.5 Å². The van der Waals surface area contributed by atoms with Gasteiger partial charge in [-0.05, 0) is 43.4 Å². The predicted molar refractivity (Wildman–Crippen MR) is 91.7 cm³/mol. The van der Waals surface area contributed by atoms with Crippen LogP contribution in [-0.4, -0.2) is 53.0 Å². The van der Waals surface area contributed by atoms with Crippen LogP contribution in [0.3, 0.4) is 0 Å². The standard InChI is InChI=1S/C15H23N5O2S/c1-15(22,12-4-7-23-10-12)11-16-14(21)18-13-8-17-20(9-13)6-5-19(2)3/h4,7-10,22H,5-6,11H2,1-3H3,(H2,16,18,21). The van der Waals surface area contributed by atoms with Gasteiger partial charge in [0.2, 0.25) is 0 Å². The SMILES string of the molecule is CN(C)CCn1cc(NC(=O)NCC(C)(O)c2ccsc2)cn1. The zero-order chi connectivity index (χ0) is 16.9. The number of nitrogens with one attached hydrogen (secondary N) is 2. The molecule has 0 spiro atoms. The van der Waals surface area contributed by atoms with Gasteiger partial charge in [-0.3, -0.25) is 4.68 Å². The lowest BCUT2D eigenvalue weighted by atomic mass is 9.99. The highest BCUT2D eigenvalue weighted by molar-refractivity contribution is 7.08. The zero-order valence-electron chi connectivity index (χ0n) is 13.6. The van der Waals surface area contributed by atoms with Gasteiger partial charge in [0.1, 0.15) is 5.60 Å². The second-order valence-corrected chi connectivity index (χ2v) is 6.67. The van der Waals surface area contributed by atoms with Crippen molar-refractivity contribution in [2.45, 2.75) is 19.1 Å². The summed E-state index contributed by atoms with van der Waals surface area (Å²) in [6.07, 6.45) is 3.38. The largest absolute Gasteiger partial charge is 0.384 e. The number of thiophene rings is 1. The number of hydrogen-bond donors (Lipinski definition) is 3. The Morgan fingerprint density at radius 1 is 1.52 bits per heavy atom. The van der Waals surface area contributed by atoms with E-state index in [2.05, 4.69) is 20.6 Å². The molecule has 1 atom stereocenters. The van der Waals surface area contributed by atoms with Crippen molar-refractivity contribution in [3.63, 3.8) is 0 Å². The Bertz CT molecular complexity index is 622. The average molecular weight is 337 g/mol. The summed E-state index contributed by atoms with van der Waals surface area (Å²) in [5.41, 5.74) is 0.323. The third-order valence-electron chi connectivity index (χ3n) is 3.40. The van der Waals surface area contributed by atoms with Gasteiger partial charge in [-0.1, -0.05) is 0 Å². The number of urea groups is 1. The molecule has 2 aromatic rings. The Hall–Kier alpha value is -1.90. The monoisotopic (exact) mass is 337 g/mol. The second kappa shape index (κ2) is 7.58. The minimum absolute atomic E-state index is 0.129. The molecular formula is C15H23N5O2S. The fourth-order valence-corrected chi connectivity index (χ4v) is 2.74. The van der Waals surface area contributed by atoms with Gasteiger partial charge in [0.25, 0.3) is 0 Å². The van der Waals surface area contributed by atoms with E-state index in [9.17, 15) is 9.90 Å². The van der Waals surface area contributed by atoms with E-state index < -0.39 is 5.60 Å². The van der Waals surface area contributed by atoms with Crippen LogP contribution in [-0.2, 0) is 12.1 Å². The molecule has 0 radical (unpaired) electrons. The van der Waals surface area contributed by atoms with E-state index in [0.717, 1.165) is 18.7 Å². The smallest absolute Gasteiger partial charge is 0.319 e. The quantitative estimate of drug-likeness (QED) is 0.716. The third-order valence-corrected chi connectivity index (χ3v) is 4.09. The Balaban J connectivity index is 1.81. The van der Waals surface area contributed by atoms with E-state index in [1.165, 1.54) is 11.3 Å². The molecule has 23 heavy (non-hydrogen) atoms. The summed E-state index contributed by atoms with van der Waals surface area (Å²) in [6.45, 7) is 3.43. The highest BCUT2D eigenvalue weighted by Gasteiger charge is 2.24. The number of nitrogens with zero attached hydrogens (tertiary/aromatic N) is 3. The maximum absolute atomic E-state index is 11.9. The minimum atomic E-state index is -1.09. The van der Waals surface area contributed by atoms with E-state index in [-0.39, 0.29) is 12.6 Å². The van der Waals surface area contributed by atoms with Gasteiger partial charge in [-0.15, -0.1) is 0 Å². The lowest BCUT2D eigenvalue weighted by Gasteiger charge is -2.22. The lowest BCUT2D eigenvalue weighted by Crippen LogP contribution is -2.40. The van der Waals surface area contributed by atoms with E-state index in [0.29, 0.717) is 5.69 Å². The second-order valence-electron chi connectivity index (χ2n) is 5.89. The van der Waals surface area contributed by atoms with Gasteiger partial charge in [-0.25, -0.2) is 4.79 Å². The molecule has 3 N–H and O–H groups in total. The lowest BCUT2D eigenvalue weighted by molar-refractivity contribution is 0.0604. The van der Waals surface area contributed by atoms with Gasteiger partial charge in [-0.2, -0.15) is 16.4 Å². The first-order chi connectivity index (χ1) is 10.9. The molecule has 8 heteroatoms. The normalized spacial score (nSPS) is 13.8. The summed E-state index contributed by atoms with van der Waals surface area (Å²) in [5.74, 6) is 0. The maximum Gasteiger partial charge on any atom is 0.319 e. The van der Waals surface area contributed by atoms with Crippen molar-refractivity contribution >= 4 is 23.1 Å². The highest BCUT2D eigenvalue weighted by atomic mass is 32.1. The van der Waals surface area contributed by atoms with Crippen LogP contribution in [0.25, 0.3) is 0 Å². The Morgan fingerprint density at radius 2 is 2.30 bits per heavy atom. The van der Waals surface area contributed by atoms with Crippen molar-refractivity contribution in [1.82, 2.24) is 20.0 Å². The molecule has 0 saturated heterocycles. The van der Waals surface area contributed by atoms with Crippen LogP contribution in [0.4, 0.5) is 10.5 Å². The number of aliphatic hydroxyl groups is 1. The highest BCUT2D eigenvalue weighted by Crippen LogP contribution is 2.22. The first-order valence-corrected chi connectivity index (χ1v) is 8.28. The van der Waals surface area contributed by atoms with Crippen molar-refractivity contribution < 1.29 is 9.90 Å². The van der Waals surface area contributed by atoms with Crippen molar-refractivity contribution in [3.05, 3.63) is 34.8 Å². The number of rotatable bonds is 7. The molecule has 0 saturated carbocycles. The molecule has 0 fully saturated rings. The van der Waals surface area contributed by atoms with E-state index >= 15 is 0 Å². The van der Waals surface area contributed by atoms with Crippen molar-refractivity contribution in [3.8, 4) is 0 Å². The minimum Gasteiger partial charge on any atom is -0.384 e. The number of hydrogen-bond acceptors (Lipinski definition) is 5. The van der Waals surface area contributed by atoms with Crippen LogP contribution in [0.15, 0.2) is 29.2 Å². The van der Waals surface area contributed by atoms with Gasteiger partial charge in [0, 0.05) is 12.7 Å². The average Bonchev–Trinajstić information content (AvgIpc) is 3.15. The molecule has 2 aromatic heterocycles. The van der Waals surface area contributed by atoms with Crippen LogP contribution in [0.5, 0.6) is 0 Å².